The number of ether oxygens (including phenoxy) is 2. The van der Waals surface area contributed by atoms with Crippen molar-refractivity contribution in [2.75, 3.05) is 46.0 Å². The standard InChI is InChI=1S/C43H87N2O5PS/c1-8-15-17-19-21-23-25-27-29-31-33-35-41(46)48-38-43(37-10-3,40-50-51(52,44(11-4)12-5)45(13-6)14-7)39-49-42(47)36-34-32-30-28-26-24-22-20-18-16-9-2/h8-40H2,1-7H3. The summed E-state index contributed by atoms with van der Waals surface area (Å²) in [6.07, 6.45) is 29.8. The molecule has 0 spiro atoms. The first-order valence-corrected chi connectivity index (χ1v) is 24.9. The first-order chi connectivity index (χ1) is 25.2. The van der Waals surface area contributed by atoms with Crippen LogP contribution in [0.25, 0.3) is 0 Å². The number of unbranched alkanes of at least 4 members (excludes halogenated alkanes) is 20. The van der Waals surface area contributed by atoms with Gasteiger partial charge in [-0.3, -0.25) is 9.59 Å². The van der Waals surface area contributed by atoms with Crippen LogP contribution >= 0.6 is 6.57 Å². The molecule has 0 N–H and O–H groups in total. The average molecular weight is 775 g/mol. The first-order valence-electron chi connectivity index (χ1n) is 22.3. The molecule has 0 aromatic carbocycles. The third-order valence-electron chi connectivity index (χ3n) is 10.5. The Morgan fingerprint density at radius 1 is 0.462 bits per heavy atom. The fourth-order valence-corrected chi connectivity index (χ4v) is 11.2. The van der Waals surface area contributed by atoms with Crippen molar-refractivity contribution in [3.8, 4) is 0 Å². The second kappa shape index (κ2) is 34.9. The molecule has 310 valence electrons. The molecule has 9 heteroatoms. The zero-order valence-electron chi connectivity index (χ0n) is 35.6. The molecule has 0 radical (unpaired) electrons. The predicted molar refractivity (Wildman–Crippen MR) is 227 cm³/mol. The smallest absolute Gasteiger partial charge is 0.305 e. The quantitative estimate of drug-likeness (QED) is 0.0347. The van der Waals surface area contributed by atoms with Gasteiger partial charge in [-0.1, -0.05) is 183 Å². The minimum atomic E-state index is -2.52. The van der Waals surface area contributed by atoms with Gasteiger partial charge in [-0.2, -0.15) is 0 Å². The molecular formula is C43H87N2O5PS. The monoisotopic (exact) mass is 775 g/mol. The molecule has 0 heterocycles. The Kier molecular flexibility index (Phi) is 34.6. The molecular weight excluding hydrogens is 688 g/mol. The summed E-state index contributed by atoms with van der Waals surface area (Å²) in [6.45, 7) is 16.5. The van der Waals surface area contributed by atoms with Crippen molar-refractivity contribution in [2.24, 2.45) is 5.41 Å². The Balaban J connectivity index is 5.21. The van der Waals surface area contributed by atoms with Crippen LogP contribution in [0.3, 0.4) is 0 Å². The minimum Gasteiger partial charge on any atom is -0.465 e. The van der Waals surface area contributed by atoms with Crippen LogP contribution < -0.4 is 0 Å². The number of hydrogen-bond donors (Lipinski definition) is 0. The lowest BCUT2D eigenvalue weighted by Crippen LogP contribution is -2.41. The molecule has 0 aromatic heterocycles. The van der Waals surface area contributed by atoms with Crippen molar-refractivity contribution in [1.29, 1.82) is 0 Å². The van der Waals surface area contributed by atoms with Gasteiger partial charge < -0.3 is 14.0 Å². The van der Waals surface area contributed by atoms with Gasteiger partial charge in [0.25, 0.3) is 0 Å². The molecule has 0 rings (SSSR count). The van der Waals surface area contributed by atoms with E-state index in [9.17, 15) is 9.59 Å². The fourth-order valence-electron chi connectivity index (χ4n) is 7.08. The SMILES string of the molecule is CCCCCCCCCCCCCC(=O)OCC(CCC)(COC(=O)CCCCCCCCCCCCC)COP(=S)(N(CC)CC)N(CC)CC. The molecule has 0 aliphatic heterocycles. The van der Waals surface area contributed by atoms with Crippen LogP contribution in [0.5, 0.6) is 0 Å². The maximum Gasteiger partial charge on any atom is 0.305 e. The van der Waals surface area contributed by atoms with Gasteiger partial charge >= 0.3 is 11.9 Å². The van der Waals surface area contributed by atoms with Crippen LogP contribution in [0.2, 0.25) is 0 Å². The molecule has 0 amide bonds. The van der Waals surface area contributed by atoms with Crippen molar-refractivity contribution in [1.82, 2.24) is 9.34 Å². The van der Waals surface area contributed by atoms with E-state index in [1.165, 1.54) is 116 Å². The summed E-state index contributed by atoms with van der Waals surface area (Å²) in [5.74, 6) is -0.341. The lowest BCUT2D eigenvalue weighted by Gasteiger charge is -2.43. The Hall–Kier alpha value is -0.530. The van der Waals surface area contributed by atoms with Gasteiger partial charge in [0.1, 0.15) is 13.2 Å². The summed E-state index contributed by atoms with van der Waals surface area (Å²) in [5.41, 5.74) is -0.640. The predicted octanol–water partition coefficient (Wildman–Crippen LogP) is 13.2. The van der Waals surface area contributed by atoms with E-state index in [4.69, 9.17) is 25.8 Å². The van der Waals surface area contributed by atoms with E-state index in [2.05, 4.69) is 57.8 Å². The molecule has 0 bridgehead atoms. The second-order valence-electron chi connectivity index (χ2n) is 15.2. The van der Waals surface area contributed by atoms with Crippen LogP contribution in [0.15, 0.2) is 0 Å². The van der Waals surface area contributed by atoms with E-state index in [-0.39, 0.29) is 25.2 Å². The zero-order valence-corrected chi connectivity index (χ0v) is 37.3. The third kappa shape index (κ3) is 24.8. The topological polar surface area (TPSA) is 68.3 Å². The van der Waals surface area contributed by atoms with Crippen molar-refractivity contribution < 1.29 is 23.6 Å². The molecule has 7 nitrogen and oxygen atoms in total. The van der Waals surface area contributed by atoms with E-state index in [0.29, 0.717) is 19.4 Å². The molecule has 0 saturated carbocycles. The lowest BCUT2D eigenvalue weighted by molar-refractivity contribution is -0.156. The van der Waals surface area contributed by atoms with Gasteiger partial charge in [0.15, 0.2) is 0 Å². The maximum atomic E-state index is 13.0. The molecule has 0 atom stereocenters. The highest BCUT2D eigenvalue weighted by Gasteiger charge is 2.39. The molecule has 0 aliphatic rings. The van der Waals surface area contributed by atoms with Gasteiger partial charge in [-0.15, -0.1) is 0 Å². The molecule has 0 aliphatic carbocycles. The van der Waals surface area contributed by atoms with Crippen molar-refractivity contribution >= 4 is 30.3 Å². The summed E-state index contributed by atoms with van der Waals surface area (Å²) in [5, 5.41) is 0. The largest absolute Gasteiger partial charge is 0.465 e. The van der Waals surface area contributed by atoms with Crippen LogP contribution in [-0.2, 0) is 35.4 Å². The highest BCUT2D eigenvalue weighted by atomic mass is 32.5. The second-order valence-corrected chi connectivity index (χ2v) is 19.0. The molecule has 0 aromatic rings. The van der Waals surface area contributed by atoms with E-state index in [1.54, 1.807) is 0 Å². The minimum absolute atomic E-state index is 0.171. The normalized spacial score (nSPS) is 12.2. The van der Waals surface area contributed by atoms with Gasteiger partial charge in [0.2, 0.25) is 6.57 Å². The van der Waals surface area contributed by atoms with Gasteiger partial charge in [0, 0.05) is 39.0 Å². The molecule has 0 fully saturated rings. The maximum absolute atomic E-state index is 13.0. The molecule has 52 heavy (non-hydrogen) atoms. The number of carbonyl (C=O) groups excluding carboxylic acids is 2. The third-order valence-corrected chi connectivity index (χ3v) is 15.3. The van der Waals surface area contributed by atoms with Crippen LogP contribution in [0, 0.1) is 5.41 Å². The zero-order chi connectivity index (χ0) is 38.8. The first kappa shape index (κ1) is 51.5. The van der Waals surface area contributed by atoms with Gasteiger partial charge in [0.05, 0.1) is 12.0 Å². The summed E-state index contributed by atoms with van der Waals surface area (Å²) in [4.78, 5) is 26.0. The van der Waals surface area contributed by atoms with E-state index in [0.717, 1.165) is 64.7 Å². The number of carbonyl (C=O) groups is 2. The van der Waals surface area contributed by atoms with Crippen molar-refractivity contribution in [2.45, 2.75) is 215 Å². The highest BCUT2D eigenvalue weighted by molar-refractivity contribution is 8.09. The summed E-state index contributed by atoms with van der Waals surface area (Å²) < 4.78 is 23.4. The number of hydrogen-bond acceptors (Lipinski definition) is 6. The molecule has 0 saturated heterocycles. The summed E-state index contributed by atoms with van der Waals surface area (Å²) in [7, 11) is 0. The summed E-state index contributed by atoms with van der Waals surface area (Å²) in [6, 6.07) is 0. The Morgan fingerprint density at radius 2 is 0.769 bits per heavy atom. The van der Waals surface area contributed by atoms with Crippen molar-refractivity contribution in [3.05, 3.63) is 0 Å². The number of rotatable bonds is 39. The van der Waals surface area contributed by atoms with E-state index < -0.39 is 12.0 Å². The number of esters is 2. The van der Waals surface area contributed by atoms with Gasteiger partial charge in [-0.25, -0.2) is 9.34 Å². The van der Waals surface area contributed by atoms with Gasteiger partial charge in [-0.05, 0) is 31.1 Å². The van der Waals surface area contributed by atoms with Crippen LogP contribution in [0.4, 0.5) is 0 Å². The van der Waals surface area contributed by atoms with Crippen LogP contribution in [-0.4, -0.2) is 67.3 Å². The Morgan fingerprint density at radius 3 is 1.06 bits per heavy atom. The van der Waals surface area contributed by atoms with E-state index >= 15 is 0 Å². The Labute approximate surface area is 329 Å². The number of nitrogens with zero attached hydrogens (tertiary/aromatic N) is 2. The lowest BCUT2D eigenvalue weighted by atomic mass is 9.86. The average Bonchev–Trinajstić information content (AvgIpc) is 3.14. The Bertz CT molecular complexity index is 826. The van der Waals surface area contributed by atoms with Crippen molar-refractivity contribution in [3.63, 3.8) is 0 Å². The van der Waals surface area contributed by atoms with Crippen LogP contribution in [0.1, 0.15) is 215 Å². The van der Waals surface area contributed by atoms with E-state index in [1.807, 2.05) is 0 Å². The summed E-state index contributed by atoms with van der Waals surface area (Å²) >= 11 is 6.35. The molecule has 0 unspecified atom stereocenters. The fraction of sp³-hybridized carbons (Fsp3) is 0.953. The highest BCUT2D eigenvalue weighted by Crippen LogP contribution is 2.55.